The molecule has 1 atom stereocenters. The Morgan fingerprint density at radius 3 is 2.55 bits per heavy atom. The molecule has 1 saturated heterocycles. The Morgan fingerprint density at radius 2 is 1.76 bits per heavy atom. The number of fused-ring (bicyclic) bond motifs is 1. The molecular formula is C28H29N3O2. The van der Waals surface area contributed by atoms with Crippen molar-refractivity contribution >= 4 is 22.6 Å². The Hall–Kier alpha value is -3.60. The highest BCUT2D eigenvalue weighted by atomic mass is 16.5. The van der Waals surface area contributed by atoms with Crippen LogP contribution in [0.3, 0.4) is 0 Å². The summed E-state index contributed by atoms with van der Waals surface area (Å²) in [4.78, 5) is 19.7. The van der Waals surface area contributed by atoms with E-state index in [0.29, 0.717) is 26.1 Å². The van der Waals surface area contributed by atoms with Crippen molar-refractivity contribution in [2.45, 2.75) is 39.7 Å². The summed E-state index contributed by atoms with van der Waals surface area (Å²) in [5.41, 5.74) is 6.66. The van der Waals surface area contributed by atoms with Gasteiger partial charge in [-0.3, -0.25) is 4.79 Å². The number of ether oxygens (including phenoxy) is 1. The third kappa shape index (κ3) is 4.23. The molecule has 1 amide bonds. The highest BCUT2D eigenvalue weighted by Crippen LogP contribution is 2.33. The molecule has 0 spiro atoms. The molecule has 1 fully saturated rings. The van der Waals surface area contributed by atoms with E-state index in [9.17, 15) is 4.79 Å². The van der Waals surface area contributed by atoms with E-state index in [0.717, 1.165) is 28.3 Å². The minimum absolute atomic E-state index is 0.0489. The first-order valence-electron chi connectivity index (χ1n) is 11.5. The van der Waals surface area contributed by atoms with Gasteiger partial charge in [0.05, 0.1) is 17.6 Å². The second-order valence-corrected chi connectivity index (χ2v) is 8.95. The van der Waals surface area contributed by atoms with Gasteiger partial charge in [-0.15, -0.1) is 0 Å². The van der Waals surface area contributed by atoms with Crippen molar-refractivity contribution < 1.29 is 9.53 Å². The molecule has 0 radical (unpaired) electrons. The summed E-state index contributed by atoms with van der Waals surface area (Å²) in [6.45, 7) is 8.12. The number of imidazole rings is 1. The van der Waals surface area contributed by atoms with E-state index >= 15 is 0 Å². The molecule has 5 nitrogen and oxygen atoms in total. The summed E-state index contributed by atoms with van der Waals surface area (Å²) >= 11 is 0. The molecule has 0 N–H and O–H groups in total. The van der Waals surface area contributed by atoms with Gasteiger partial charge < -0.3 is 14.2 Å². The highest BCUT2D eigenvalue weighted by molar-refractivity contribution is 5.96. The largest absolute Gasteiger partial charge is 0.492 e. The molecule has 5 rings (SSSR count). The maximum absolute atomic E-state index is 12.9. The highest BCUT2D eigenvalue weighted by Gasteiger charge is 2.34. The van der Waals surface area contributed by atoms with Gasteiger partial charge in [-0.2, -0.15) is 0 Å². The van der Waals surface area contributed by atoms with Gasteiger partial charge >= 0.3 is 0 Å². The van der Waals surface area contributed by atoms with Crippen LogP contribution < -0.4 is 9.64 Å². The number of carbonyl (C=O) groups excluding carboxylic acids is 1. The van der Waals surface area contributed by atoms with Crippen molar-refractivity contribution in [1.29, 1.82) is 0 Å². The molecule has 33 heavy (non-hydrogen) atoms. The Bertz CT molecular complexity index is 1310. The van der Waals surface area contributed by atoms with Crippen LogP contribution in [0.25, 0.3) is 11.0 Å². The van der Waals surface area contributed by atoms with Crippen molar-refractivity contribution in [2.24, 2.45) is 0 Å². The average Bonchev–Trinajstić information content (AvgIpc) is 3.37. The Kier molecular flexibility index (Phi) is 5.63. The van der Waals surface area contributed by atoms with Gasteiger partial charge in [-0.1, -0.05) is 35.9 Å². The summed E-state index contributed by atoms with van der Waals surface area (Å²) in [6, 6.07) is 22.5. The van der Waals surface area contributed by atoms with Crippen molar-refractivity contribution in [3.05, 3.63) is 89.2 Å². The molecule has 2 heterocycles. The molecule has 1 aliphatic rings. The van der Waals surface area contributed by atoms with E-state index in [-0.39, 0.29) is 11.8 Å². The van der Waals surface area contributed by atoms with Crippen LogP contribution in [0.4, 0.5) is 5.69 Å². The van der Waals surface area contributed by atoms with Gasteiger partial charge in [0.2, 0.25) is 5.91 Å². The predicted molar refractivity (Wildman–Crippen MR) is 132 cm³/mol. The van der Waals surface area contributed by atoms with E-state index in [1.54, 1.807) is 0 Å². The lowest BCUT2D eigenvalue weighted by atomic mass is 10.1. The van der Waals surface area contributed by atoms with Gasteiger partial charge in [-0.25, -0.2) is 4.98 Å². The number of anilines is 1. The zero-order chi connectivity index (χ0) is 22.9. The molecular weight excluding hydrogens is 410 g/mol. The normalized spacial score (nSPS) is 16.0. The van der Waals surface area contributed by atoms with Gasteiger partial charge in [0.25, 0.3) is 0 Å². The number of aryl methyl sites for hydroxylation is 3. The van der Waals surface area contributed by atoms with Crippen LogP contribution in [0.5, 0.6) is 5.75 Å². The monoisotopic (exact) mass is 439 g/mol. The van der Waals surface area contributed by atoms with E-state index in [4.69, 9.17) is 9.72 Å². The molecule has 4 aromatic rings. The first-order valence-corrected chi connectivity index (χ1v) is 11.5. The number of benzene rings is 3. The van der Waals surface area contributed by atoms with Crippen LogP contribution >= 0.6 is 0 Å². The zero-order valence-corrected chi connectivity index (χ0v) is 19.4. The van der Waals surface area contributed by atoms with Gasteiger partial charge in [0.1, 0.15) is 18.2 Å². The van der Waals surface area contributed by atoms with Crippen LogP contribution in [-0.4, -0.2) is 28.6 Å². The van der Waals surface area contributed by atoms with Crippen molar-refractivity contribution in [2.75, 3.05) is 18.1 Å². The van der Waals surface area contributed by atoms with Crippen molar-refractivity contribution in [3.8, 4) is 5.75 Å². The second-order valence-electron chi connectivity index (χ2n) is 8.95. The summed E-state index contributed by atoms with van der Waals surface area (Å²) < 4.78 is 8.31. The van der Waals surface area contributed by atoms with Gasteiger partial charge in [-0.05, 0) is 68.3 Å². The molecule has 1 aliphatic heterocycles. The summed E-state index contributed by atoms with van der Waals surface area (Å²) in [5, 5.41) is 0. The topological polar surface area (TPSA) is 47.4 Å². The fraction of sp³-hybridized carbons (Fsp3) is 0.286. The first-order chi connectivity index (χ1) is 16.0. The van der Waals surface area contributed by atoms with Crippen LogP contribution in [0.1, 0.15) is 34.9 Å². The maximum Gasteiger partial charge on any atom is 0.227 e. The van der Waals surface area contributed by atoms with Crippen LogP contribution in [0, 0.1) is 20.8 Å². The molecule has 168 valence electrons. The number of nitrogens with zero attached hydrogens (tertiary/aromatic N) is 3. The summed E-state index contributed by atoms with van der Waals surface area (Å²) in [7, 11) is 0. The molecule has 5 heteroatoms. The third-order valence-electron chi connectivity index (χ3n) is 6.58. The number of rotatable bonds is 6. The fourth-order valence-electron chi connectivity index (χ4n) is 4.55. The number of hydrogen-bond acceptors (Lipinski definition) is 3. The Labute approximate surface area is 194 Å². The molecule has 3 aromatic carbocycles. The van der Waals surface area contributed by atoms with Gasteiger partial charge in [0.15, 0.2) is 0 Å². The van der Waals surface area contributed by atoms with E-state index < -0.39 is 0 Å². The second kappa shape index (κ2) is 8.74. The first kappa shape index (κ1) is 21.3. The maximum atomic E-state index is 12.9. The molecule has 0 aliphatic carbocycles. The van der Waals surface area contributed by atoms with Crippen LogP contribution in [0.15, 0.2) is 66.7 Å². The van der Waals surface area contributed by atoms with Crippen molar-refractivity contribution in [3.63, 3.8) is 0 Å². The molecule has 0 saturated carbocycles. The van der Waals surface area contributed by atoms with Crippen LogP contribution in [0.2, 0.25) is 0 Å². The van der Waals surface area contributed by atoms with E-state index in [2.05, 4.69) is 55.7 Å². The molecule has 0 unspecified atom stereocenters. The predicted octanol–water partition coefficient (Wildman–Crippen LogP) is 5.56. The lowest BCUT2D eigenvalue weighted by molar-refractivity contribution is -0.117. The van der Waals surface area contributed by atoms with Gasteiger partial charge in [0, 0.05) is 24.6 Å². The minimum Gasteiger partial charge on any atom is -0.492 e. The molecule has 1 aromatic heterocycles. The number of hydrogen-bond donors (Lipinski definition) is 0. The quantitative estimate of drug-likeness (QED) is 0.395. The SMILES string of the molecule is Cc1ccc(N2C[C@H](c3nc4ccccc4n3CCOc3ccc(C)c(C)c3)CC2=O)cc1. The number of para-hydroxylation sites is 2. The number of amides is 1. The lowest BCUT2D eigenvalue weighted by Gasteiger charge is -2.18. The zero-order valence-electron chi connectivity index (χ0n) is 19.4. The number of aromatic nitrogens is 2. The van der Waals surface area contributed by atoms with E-state index in [1.807, 2.05) is 41.3 Å². The Morgan fingerprint density at radius 1 is 0.970 bits per heavy atom. The molecule has 0 bridgehead atoms. The van der Waals surface area contributed by atoms with E-state index in [1.165, 1.54) is 16.7 Å². The summed E-state index contributed by atoms with van der Waals surface area (Å²) in [6.07, 6.45) is 0.467. The fourth-order valence-corrected chi connectivity index (χ4v) is 4.55. The summed E-state index contributed by atoms with van der Waals surface area (Å²) in [5.74, 6) is 2.04. The standard InChI is InChI=1S/C28H29N3O2/c1-19-8-11-23(12-9-19)31-18-22(17-27(31)32)28-29-25-6-4-5-7-26(25)30(28)14-15-33-24-13-10-20(2)21(3)16-24/h4-13,16,22H,14-15,17-18H2,1-3H3/t22-/m1/s1. The van der Waals surface area contributed by atoms with Crippen LogP contribution in [-0.2, 0) is 11.3 Å². The lowest BCUT2D eigenvalue weighted by Crippen LogP contribution is -2.24. The van der Waals surface area contributed by atoms with Crippen molar-refractivity contribution in [1.82, 2.24) is 9.55 Å². The Balaban J connectivity index is 1.39. The average molecular weight is 440 g/mol. The minimum atomic E-state index is 0.0489. The smallest absolute Gasteiger partial charge is 0.227 e. The third-order valence-corrected chi connectivity index (χ3v) is 6.58. The number of carbonyl (C=O) groups is 1.